The molecule has 0 spiro atoms. The fourth-order valence-corrected chi connectivity index (χ4v) is 2.18. The Hall–Kier alpha value is -0.300. The molecule has 13 heavy (non-hydrogen) atoms. The SMILES string of the molecule is C/C=C/C1CCCC(CC)(CC)O1. The lowest BCUT2D eigenvalue weighted by Gasteiger charge is -2.39. The number of hydrogen-bond donors (Lipinski definition) is 0. The summed E-state index contributed by atoms with van der Waals surface area (Å²) in [7, 11) is 0. The number of ether oxygens (including phenoxy) is 1. The minimum atomic E-state index is 0.183. The van der Waals surface area contributed by atoms with Gasteiger partial charge in [-0.3, -0.25) is 0 Å². The molecular weight excluding hydrogens is 160 g/mol. The van der Waals surface area contributed by atoms with Crippen molar-refractivity contribution in [2.24, 2.45) is 0 Å². The van der Waals surface area contributed by atoms with Crippen LogP contribution >= 0.6 is 0 Å². The average molecular weight is 182 g/mol. The van der Waals surface area contributed by atoms with Crippen molar-refractivity contribution in [3.63, 3.8) is 0 Å². The van der Waals surface area contributed by atoms with Gasteiger partial charge in [-0.15, -0.1) is 0 Å². The van der Waals surface area contributed by atoms with Gasteiger partial charge in [0.1, 0.15) is 0 Å². The third kappa shape index (κ3) is 2.57. The summed E-state index contributed by atoms with van der Waals surface area (Å²) in [6.45, 7) is 6.54. The van der Waals surface area contributed by atoms with Crippen molar-refractivity contribution in [3.8, 4) is 0 Å². The summed E-state index contributed by atoms with van der Waals surface area (Å²) in [5.74, 6) is 0. The quantitative estimate of drug-likeness (QED) is 0.605. The molecule has 1 nitrogen and oxygen atoms in total. The predicted octanol–water partition coefficient (Wildman–Crippen LogP) is 3.69. The fourth-order valence-electron chi connectivity index (χ4n) is 2.18. The highest BCUT2D eigenvalue weighted by Gasteiger charge is 2.32. The third-order valence-electron chi connectivity index (χ3n) is 3.22. The Morgan fingerprint density at radius 3 is 2.62 bits per heavy atom. The smallest absolute Gasteiger partial charge is 0.0763 e. The average Bonchev–Trinajstić information content (AvgIpc) is 2.19. The van der Waals surface area contributed by atoms with Crippen LogP contribution in [0.25, 0.3) is 0 Å². The molecule has 76 valence electrons. The first-order valence-corrected chi connectivity index (χ1v) is 5.57. The van der Waals surface area contributed by atoms with E-state index in [4.69, 9.17) is 4.74 Å². The lowest BCUT2D eigenvalue weighted by atomic mass is 9.87. The van der Waals surface area contributed by atoms with Crippen LogP contribution in [0.15, 0.2) is 12.2 Å². The van der Waals surface area contributed by atoms with Crippen molar-refractivity contribution in [2.75, 3.05) is 0 Å². The first-order chi connectivity index (χ1) is 6.26. The van der Waals surface area contributed by atoms with Crippen molar-refractivity contribution < 1.29 is 4.74 Å². The largest absolute Gasteiger partial charge is 0.368 e. The molecule has 0 radical (unpaired) electrons. The molecule has 0 aliphatic carbocycles. The van der Waals surface area contributed by atoms with Gasteiger partial charge in [-0.05, 0) is 39.0 Å². The number of hydrogen-bond acceptors (Lipinski definition) is 1. The zero-order valence-electron chi connectivity index (χ0n) is 9.18. The Morgan fingerprint density at radius 1 is 1.38 bits per heavy atom. The lowest BCUT2D eigenvalue weighted by molar-refractivity contribution is -0.114. The maximum Gasteiger partial charge on any atom is 0.0763 e. The first-order valence-electron chi connectivity index (χ1n) is 5.57. The van der Waals surface area contributed by atoms with Crippen molar-refractivity contribution in [1.82, 2.24) is 0 Å². The van der Waals surface area contributed by atoms with Crippen LogP contribution in [0.5, 0.6) is 0 Å². The summed E-state index contributed by atoms with van der Waals surface area (Å²) in [5, 5.41) is 0. The van der Waals surface area contributed by atoms with Gasteiger partial charge < -0.3 is 4.74 Å². The van der Waals surface area contributed by atoms with Crippen LogP contribution in [0.2, 0.25) is 0 Å². The van der Waals surface area contributed by atoms with E-state index >= 15 is 0 Å². The summed E-state index contributed by atoms with van der Waals surface area (Å²) in [4.78, 5) is 0. The second-order valence-electron chi connectivity index (χ2n) is 3.96. The molecule has 0 amide bonds. The van der Waals surface area contributed by atoms with E-state index in [-0.39, 0.29) is 5.60 Å². The summed E-state index contributed by atoms with van der Waals surface area (Å²) >= 11 is 0. The van der Waals surface area contributed by atoms with Crippen molar-refractivity contribution >= 4 is 0 Å². The Labute approximate surface area is 82.2 Å². The molecule has 1 fully saturated rings. The molecule has 0 saturated carbocycles. The molecule has 0 bridgehead atoms. The zero-order valence-corrected chi connectivity index (χ0v) is 9.18. The summed E-state index contributed by atoms with van der Waals surface area (Å²) in [6.07, 6.45) is 10.7. The third-order valence-corrected chi connectivity index (χ3v) is 3.22. The van der Waals surface area contributed by atoms with Gasteiger partial charge in [0.2, 0.25) is 0 Å². The normalized spacial score (nSPS) is 28.1. The lowest BCUT2D eigenvalue weighted by Crippen LogP contribution is -2.38. The van der Waals surface area contributed by atoms with E-state index in [1.807, 2.05) is 0 Å². The van der Waals surface area contributed by atoms with E-state index in [2.05, 4.69) is 32.9 Å². The van der Waals surface area contributed by atoms with E-state index in [1.54, 1.807) is 0 Å². The van der Waals surface area contributed by atoms with Crippen LogP contribution in [-0.2, 0) is 4.74 Å². The highest BCUT2D eigenvalue weighted by atomic mass is 16.5. The molecule has 0 N–H and O–H groups in total. The maximum absolute atomic E-state index is 6.13. The minimum absolute atomic E-state index is 0.183. The Balaban J connectivity index is 2.58. The summed E-state index contributed by atoms with van der Waals surface area (Å²) < 4.78 is 6.13. The zero-order chi connectivity index (χ0) is 9.73. The molecule has 1 atom stereocenters. The van der Waals surface area contributed by atoms with Gasteiger partial charge in [0, 0.05) is 0 Å². The topological polar surface area (TPSA) is 9.23 Å². The van der Waals surface area contributed by atoms with E-state index in [9.17, 15) is 0 Å². The Kier molecular flexibility index (Phi) is 3.98. The van der Waals surface area contributed by atoms with Gasteiger partial charge in [-0.2, -0.15) is 0 Å². The van der Waals surface area contributed by atoms with Crippen molar-refractivity contribution in [3.05, 3.63) is 12.2 Å². The predicted molar refractivity (Wildman–Crippen MR) is 56.9 cm³/mol. The number of allylic oxidation sites excluding steroid dienone is 1. The molecule has 1 heterocycles. The molecule has 1 heteroatoms. The van der Waals surface area contributed by atoms with E-state index in [0.717, 1.165) is 12.8 Å². The number of rotatable bonds is 3. The van der Waals surface area contributed by atoms with Crippen LogP contribution in [0.1, 0.15) is 52.9 Å². The second kappa shape index (κ2) is 4.80. The van der Waals surface area contributed by atoms with E-state index in [0.29, 0.717) is 6.10 Å². The maximum atomic E-state index is 6.13. The van der Waals surface area contributed by atoms with E-state index in [1.165, 1.54) is 19.3 Å². The fraction of sp³-hybridized carbons (Fsp3) is 0.833. The van der Waals surface area contributed by atoms with Crippen molar-refractivity contribution in [2.45, 2.75) is 64.6 Å². The van der Waals surface area contributed by atoms with Crippen LogP contribution in [0, 0.1) is 0 Å². The van der Waals surface area contributed by atoms with Gasteiger partial charge in [0.15, 0.2) is 0 Å². The highest BCUT2D eigenvalue weighted by molar-refractivity contribution is 4.93. The highest BCUT2D eigenvalue weighted by Crippen LogP contribution is 2.34. The molecular formula is C12H22O. The molecule has 1 aliphatic rings. The van der Waals surface area contributed by atoms with Crippen LogP contribution < -0.4 is 0 Å². The molecule has 1 aliphatic heterocycles. The standard InChI is InChI=1S/C12H22O/c1-4-8-11-9-7-10-12(5-2,6-3)13-11/h4,8,11H,5-7,9-10H2,1-3H3/b8-4+. The van der Waals surface area contributed by atoms with Gasteiger partial charge in [-0.25, -0.2) is 0 Å². The first kappa shape index (κ1) is 10.8. The Morgan fingerprint density at radius 2 is 2.08 bits per heavy atom. The van der Waals surface area contributed by atoms with Crippen molar-refractivity contribution in [1.29, 1.82) is 0 Å². The van der Waals surface area contributed by atoms with Crippen LogP contribution in [0.3, 0.4) is 0 Å². The van der Waals surface area contributed by atoms with Crippen LogP contribution in [-0.4, -0.2) is 11.7 Å². The molecule has 1 unspecified atom stereocenters. The Bertz CT molecular complexity index is 168. The van der Waals surface area contributed by atoms with Gasteiger partial charge >= 0.3 is 0 Å². The summed E-state index contributed by atoms with van der Waals surface area (Å²) in [5.41, 5.74) is 0.183. The van der Waals surface area contributed by atoms with Gasteiger partial charge in [-0.1, -0.05) is 26.0 Å². The van der Waals surface area contributed by atoms with Crippen LogP contribution in [0.4, 0.5) is 0 Å². The van der Waals surface area contributed by atoms with Gasteiger partial charge in [0.05, 0.1) is 11.7 Å². The molecule has 1 saturated heterocycles. The molecule has 0 aromatic heterocycles. The van der Waals surface area contributed by atoms with E-state index < -0.39 is 0 Å². The summed E-state index contributed by atoms with van der Waals surface area (Å²) in [6, 6.07) is 0. The minimum Gasteiger partial charge on any atom is -0.368 e. The van der Waals surface area contributed by atoms with Gasteiger partial charge in [0.25, 0.3) is 0 Å². The second-order valence-corrected chi connectivity index (χ2v) is 3.96. The molecule has 1 rings (SSSR count). The monoisotopic (exact) mass is 182 g/mol. The molecule has 0 aromatic rings. The molecule has 0 aromatic carbocycles.